The number of unbranched alkanes of at least 4 members (excludes halogenated alkanes) is 3. The van der Waals surface area contributed by atoms with Crippen LogP contribution in [0.3, 0.4) is 0 Å². The molecule has 0 radical (unpaired) electrons. The monoisotopic (exact) mass is 561 g/mol. The third-order valence-corrected chi connectivity index (χ3v) is 20.7. The summed E-state index contributed by atoms with van der Waals surface area (Å²) in [6.07, 6.45) is 11.7. The predicted octanol–water partition coefficient (Wildman–Crippen LogP) is 7.32. The van der Waals surface area contributed by atoms with Gasteiger partial charge >= 0.3 is 203 Å². The first kappa shape index (κ1) is 29.8. The van der Waals surface area contributed by atoms with Gasteiger partial charge in [-0.1, -0.05) is 0 Å². The summed E-state index contributed by atoms with van der Waals surface area (Å²) in [5.41, 5.74) is -1.21. The van der Waals surface area contributed by atoms with Gasteiger partial charge in [0.2, 0.25) is 0 Å². The Labute approximate surface area is 202 Å². The van der Waals surface area contributed by atoms with E-state index in [2.05, 4.69) is 32.9 Å². The molecule has 1 atom stereocenters. The van der Waals surface area contributed by atoms with Gasteiger partial charge in [-0.15, -0.1) is 0 Å². The van der Waals surface area contributed by atoms with Crippen molar-refractivity contribution in [2.24, 2.45) is 0 Å². The van der Waals surface area contributed by atoms with E-state index < -0.39 is 29.7 Å². The van der Waals surface area contributed by atoms with E-state index in [1.807, 2.05) is 34.6 Å². The third-order valence-electron chi connectivity index (χ3n) is 6.27. The van der Waals surface area contributed by atoms with E-state index >= 15 is 0 Å². The van der Waals surface area contributed by atoms with Crippen molar-refractivity contribution in [2.45, 2.75) is 125 Å². The zero-order valence-corrected chi connectivity index (χ0v) is 25.2. The molecular weight excluding hydrogens is 509 g/mol. The van der Waals surface area contributed by atoms with Crippen LogP contribution in [-0.4, -0.2) is 64.6 Å². The van der Waals surface area contributed by atoms with Crippen LogP contribution in [0.5, 0.6) is 0 Å². The zero-order chi connectivity index (χ0) is 24.3. The molecule has 1 fully saturated rings. The number of hydrogen-bond acceptors (Lipinski definition) is 4. The number of ether oxygens (including phenoxy) is 3. The fourth-order valence-corrected chi connectivity index (χ4v) is 18.8. The van der Waals surface area contributed by atoms with E-state index in [1.54, 1.807) is 4.90 Å². The Bertz CT molecular complexity index is 549. The van der Waals surface area contributed by atoms with Crippen LogP contribution in [0.4, 0.5) is 4.79 Å². The van der Waals surface area contributed by atoms with Gasteiger partial charge in [-0.05, 0) is 0 Å². The first-order valence-electron chi connectivity index (χ1n) is 12.9. The minimum atomic E-state index is -2.25. The molecule has 0 saturated carbocycles. The number of carbonyl (C=O) groups excluding carboxylic acids is 1. The molecule has 6 heteroatoms. The van der Waals surface area contributed by atoms with Crippen LogP contribution >= 0.6 is 0 Å². The maximum absolute atomic E-state index is 12.8. The van der Waals surface area contributed by atoms with Crippen LogP contribution in [0.15, 0.2) is 12.2 Å². The second kappa shape index (κ2) is 14.2. The Morgan fingerprint density at radius 1 is 1.06 bits per heavy atom. The molecule has 1 aliphatic heterocycles. The molecule has 1 amide bonds. The van der Waals surface area contributed by atoms with Gasteiger partial charge in [0.1, 0.15) is 0 Å². The number of rotatable bonds is 14. The number of nitrogens with zero attached hydrogens (tertiary/aromatic N) is 1. The molecule has 0 aromatic carbocycles. The van der Waals surface area contributed by atoms with E-state index in [4.69, 9.17) is 14.2 Å². The molecule has 0 aliphatic carbocycles. The van der Waals surface area contributed by atoms with Gasteiger partial charge in [-0.3, -0.25) is 0 Å². The summed E-state index contributed by atoms with van der Waals surface area (Å²) in [5, 5.41) is 0. The van der Waals surface area contributed by atoms with Crippen molar-refractivity contribution in [1.82, 2.24) is 4.90 Å². The summed E-state index contributed by atoms with van der Waals surface area (Å²) in [6.45, 7) is 17.5. The molecule has 1 rings (SSSR count). The predicted molar refractivity (Wildman–Crippen MR) is 137 cm³/mol. The van der Waals surface area contributed by atoms with E-state index in [1.165, 1.54) is 51.8 Å². The standard InChI is InChI=1S/C14H24NO4.3C4H9.Sn/c1-13(2,3)19-12(16)15-11(8-7-9-17-6)10-18-14(15,4)5;3*1-3-4-2;/h7-8,11H,6,9-10H2,1-5H3;3*1,3-4H2,2H3;/b8-7-;;;;/t11-;;;;/m1..../s1. The van der Waals surface area contributed by atoms with Crippen LogP contribution in [-0.2, 0) is 14.2 Å². The summed E-state index contributed by atoms with van der Waals surface area (Å²) < 4.78 is 23.2. The Morgan fingerprint density at radius 2 is 1.59 bits per heavy atom. The van der Waals surface area contributed by atoms with Gasteiger partial charge in [0.25, 0.3) is 0 Å². The van der Waals surface area contributed by atoms with Gasteiger partial charge < -0.3 is 0 Å². The van der Waals surface area contributed by atoms with Gasteiger partial charge in [-0.2, -0.15) is 0 Å². The van der Waals surface area contributed by atoms with Crippen molar-refractivity contribution >= 4 is 24.5 Å². The van der Waals surface area contributed by atoms with E-state index in [-0.39, 0.29) is 12.1 Å². The topological polar surface area (TPSA) is 48.0 Å². The summed E-state index contributed by atoms with van der Waals surface area (Å²) in [4.78, 5) is 14.5. The minimum absolute atomic E-state index is 0.128. The Hall–Kier alpha value is -0.271. The van der Waals surface area contributed by atoms with Crippen molar-refractivity contribution in [2.75, 3.05) is 17.8 Å². The fraction of sp³-hybridized carbons (Fsp3) is 0.885. The van der Waals surface area contributed by atoms with Crippen molar-refractivity contribution in [3.05, 3.63) is 12.2 Å². The number of amides is 1. The fourth-order valence-electron chi connectivity index (χ4n) is 4.44. The molecule has 0 spiro atoms. The molecule has 1 heterocycles. The van der Waals surface area contributed by atoms with Crippen LogP contribution in [0.2, 0.25) is 13.3 Å². The maximum atomic E-state index is 12.8. The van der Waals surface area contributed by atoms with Crippen molar-refractivity contribution < 1.29 is 19.0 Å². The van der Waals surface area contributed by atoms with Crippen LogP contribution in [0, 0.1) is 0 Å². The van der Waals surface area contributed by atoms with Crippen LogP contribution in [0.1, 0.15) is 93.9 Å². The van der Waals surface area contributed by atoms with Crippen molar-refractivity contribution in [3.8, 4) is 0 Å². The summed E-state index contributed by atoms with van der Waals surface area (Å²) >= 11 is -2.25. The SMILES string of the molecule is CCC[CH2][Sn]([CH2]CCC)([CH2]CCC)[CH2]OC/C=C\[C@@H]1COC(C)(C)N1C(=O)OC(C)(C)C. The van der Waals surface area contributed by atoms with Crippen molar-refractivity contribution in [3.63, 3.8) is 0 Å². The van der Waals surface area contributed by atoms with E-state index in [0.29, 0.717) is 13.2 Å². The summed E-state index contributed by atoms with van der Waals surface area (Å²) in [5.74, 6) is 0. The van der Waals surface area contributed by atoms with E-state index in [0.717, 1.165) is 4.62 Å². The zero-order valence-electron chi connectivity index (χ0n) is 22.3. The number of carbonyl (C=O) groups is 1. The average molecular weight is 560 g/mol. The molecule has 5 nitrogen and oxygen atoms in total. The van der Waals surface area contributed by atoms with Crippen LogP contribution < -0.4 is 0 Å². The summed E-state index contributed by atoms with van der Waals surface area (Å²) in [6, 6.07) is -0.128. The van der Waals surface area contributed by atoms with E-state index in [9.17, 15) is 4.79 Å². The first-order chi connectivity index (χ1) is 15.0. The van der Waals surface area contributed by atoms with Gasteiger partial charge in [0.15, 0.2) is 0 Å². The van der Waals surface area contributed by atoms with Crippen molar-refractivity contribution in [1.29, 1.82) is 0 Å². The molecule has 0 N–H and O–H groups in total. The molecule has 0 aromatic rings. The Balaban J connectivity index is 2.72. The van der Waals surface area contributed by atoms with Gasteiger partial charge in [0.05, 0.1) is 0 Å². The molecule has 0 bridgehead atoms. The van der Waals surface area contributed by atoms with Gasteiger partial charge in [-0.25, -0.2) is 0 Å². The first-order valence-corrected chi connectivity index (χ1v) is 21.0. The molecular formula is C26H51NO4Sn. The second-order valence-corrected chi connectivity index (χ2v) is 24.6. The average Bonchev–Trinajstić information content (AvgIpc) is 3.01. The molecule has 32 heavy (non-hydrogen) atoms. The quantitative estimate of drug-likeness (QED) is 0.127. The Morgan fingerprint density at radius 3 is 2.06 bits per heavy atom. The van der Waals surface area contributed by atoms with Gasteiger partial charge in [0, 0.05) is 0 Å². The Kier molecular flexibility index (Phi) is 13.2. The van der Waals surface area contributed by atoms with Crippen LogP contribution in [0.25, 0.3) is 0 Å². The normalized spacial score (nSPS) is 19.1. The third kappa shape index (κ3) is 10.3. The molecule has 1 saturated heterocycles. The molecule has 0 unspecified atom stereocenters. The molecule has 1 aliphatic rings. The second-order valence-electron chi connectivity index (χ2n) is 10.9. The molecule has 188 valence electrons. The number of hydrogen-bond donors (Lipinski definition) is 0. The molecule has 0 aromatic heterocycles. The summed E-state index contributed by atoms with van der Waals surface area (Å²) in [7, 11) is 0.